The molecule has 0 saturated carbocycles. The SMILES string of the molecule is COc1cccc(C(=O)N/N=C/c2cc(I)c(OCC(=O)Nc3ccc(C)cc3C)c(OC)c2)c1. The Morgan fingerprint density at radius 3 is 2.54 bits per heavy atom. The molecule has 0 aliphatic heterocycles. The third-order valence-electron chi connectivity index (χ3n) is 4.97. The Balaban J connectivity index is 1.63. The Morgan fingerprint density at radius 2 is 1.83 bits per heavy atom. The van der Waals surface area contributed by atoms with Gasteiger partial charge in [-0.05, 0) is 84.0 Å². The number of methoxy groups -OCH3 is 2. The van der Waals surface area contributed by atoms with Crippen LogP contribution in [0.3, 0.4) is 0 Å². The maximum atomic E-state index is 12.4. The van der Waals surface area contributed by atoms with Crippen LogP contribution in [0.5, 0.6) is 17.2 Å². The third kappa shape index (κ3) is 7.19. The molecule has 0 atom stereocenters. The molecule has 0 radical (unpaired) electrons. The highest BCUT2D eigenvalue weighted by Crippen LogP contribution is 2.33. The average Bonchev–Trinajstić information content (AvgIpc) is 2.84. The van der Waals surface area contributed by atoms with Crippen LogP contribution < -0.4 is 25.0 Å². The number of amides is 2. The molecule has 182 valence electrons. The maximum Gasteiger partial charge on any atom is 0.271 e. The molecule has 0 heterocycles. The molecule has 3 rings (SSSR count). The molecule has 3 aromatic rings. The van der Waals surface area contributed by atoms with Crippen molar-refractivity contribution in [3.8, 4) is 17.2 Å². The minimum atomic E-state index is -0.364. The van der Waals surface area contributed by atoms with Crippen LogP contribution in [-0.4, -0.2) is 38.9 Å². The highest BCUT2D eigenvalue weighted by Gasteiger charge is 2.14. The molecule has 0 spiro atoms. The van der Waals surface area contributed by atoms with Gasteiger partial charge in [0.05, 0.1) is 24.0 Å². The lowest BCUT2D eigenvalue weighted by Crippen LogP contribution is -2.21. The lowest BCUT2D eigenvalue weighted by Gasteiger charge is -2.14. The van der Waals surface area contributed by atoms with E-state index >= 15 is 0 Å². The first kappa shape index (κ1) is 26.0. The predicted molar refractivity (Wildman–Crippen MR) is 144 cm³/mol. The molecular weight excluding hydrogens is 561 g/mol. The van der Waals surface area contributed by atoms with Crippen molar-refractivity contribution < 1.29 is 23.8 Å². The molecule has 0 bridgehead atoms. The van der Waals surface area contributed by atoms with Gasteiger partial charge in [0, 0.05) is 11.3 Å². The van der Waals surface area contributed by atoms with Crippen molar-refractivity contribution in [1.82, 2.24) is 5.43 Å². The van der Waals surface area contributed by atoms with E-state index in [0.29, 0.717) is 28.4 Å². The number of hydrazone groups is 1. The van der Waals surface area contributed by atoms with Gasteiger partial charge in [0.2, 0.25) is 0 Å². The fourth-order valence-corrected chi connectivity index (χ4v) is 4.01. The van der Waals surface area contributed by atoms with Crippen LogP contribution in [0, 0.1) is 17.4 Å². The van der Waals surface area contributed by atoms with Crippen LogP contribution in [0.2, 0.25) is 0 Å². The zero-order valence-electron chi connectivity index (χ0n) is 19.8. The third-order valence-corrected chi connectivity index (χ3v) is 5.77. The van der Waals surface area contributed by atoms with Crippen molar-refractivity contribution in [3.05, 3.63) is 80.4 Å². The van der Waals surface area contributed by atoms with E-state index in [1.807, 2.05) is 38.1 Å². The molecule has 0 saturated heterocycles. The molecular formula is C26H26IN3O5. The number of ether oxygens (including phenoxy) is 3. The summed E-state index contributed by atoms with van der Waals surface area (Å²) in [5, 5.41) is 6.88. The van der Waals surface area contributed by atoms with Gasteiger partial charge in [0.25, 0.3) is 11.8 Å². The molecule has 0 fully saturated rings. The van der Waals surface area contributed by atoms with Crippen molar-refractivity contribution in [1.29, 1.82) is 0 Å². The van der Waals surface area contributed by atoms with E-state index in [2.05, 4.69) is 38.4 Å². The first-order chi connectivity index (χ1) is 16.8. The van der Waals surface area contributed by atoms with E-state index < -0.39 is 0 Å². The second kappa shape index (κ2) is 12.2. The molecule has 3 aromatic carbocycles. The van der Waals surface area contributed by atoms with Crippen molar-refractivity contribution in [2.45, 2.75) is 13.8 Å². The number of benzene rings is 3. The van der Waals surface area contributed by atoms with Gasteiger partial charge in [0.1, 0.15) is 5.75 Å². The van der Waals surface area contributed by atoms with Crippen LogP contribution in [0.25, 0.3) is 0 Å². The first-order valence-electron chi connectivity index (χ1n) is 10.7. The molecule has 35 heavy (non-hydrogen) atoms. The number of rotatable bonds is 9. The summed E-state index contributed by atoms with van der Waals surface area (Å²) in [6, 6.07) is 16.1. The summed E-state index contributed by atoms with van der Waals surface area (Å²) in [4.78, 5) is 24.7. The second-order valence-electron chi connectivity index (χ2n) is 7.62. The summed E-state index contributed by atoms with van der Waals surface area (Å²) in [5.41, 5.74) is 6.45. The maximum absolute atomic E-state index is 12.4. The highest BCUT2D eigenvalue weighted by molar-refractivity contribution is 14.1. The first-order valence-corrected chi connectivity index (χ1v) is 11.7. The summed E-state index contributed by atoms with van der Waals surface area (Å²) in [5.74, 6) is 0.828. The number of carbonyl (C=O) groups excluding carboxylic acids is 2. The van der Waals surface area contributed by atoms with E-state index in [4.69, 9.17) is 14.2 Å². The summed E-state index contributed by atoms with van der Waals surface area (Å²) >= 11 is 2.10. The number of carbonyl (C=O) groups is 2. The largest absolute Gasteiger partial charge is 0.497 e. The quantitative estimate of drug-likeness (QED) is 0.215. The number of nitrogens with one attached hydrogen (secondary N) is 2. The monoisotopic (exact) mass is 587 g/mol. The minimum Gasteiger partial charge on any atom is -0.497 e. The summed E-state index contributed by atoms with van der Waals surface area (Å²) in [6.07, 6.45) is 1.50. The number of hydrogen-bond donors (Lipinski definition) is 2. The highest BCUT2D eigenvalue weighted by atomic mass is 127. The van der Waals surface area contributed by atoms with Crippen molar-refractivity contribution in [3.63, 3.8) is 0 Å². The Labute approximate surface area is 217 Å². The molecule has 9 heteroatoms. The lowest BCUT2D eigenvalue weighted by atomic mass is 10.1. The van der Waals surface area contributed by atoms with E-state index in [1.54, 1.807) is 30.3 Å². The topological polar surface area (TPSA) is 98.3 Å². The molecule has 0 aromatic heterocycles. The van der Waals surface area contributed by atoms with Gasteiger partial charge in [-0.2, -0.15) is 5.10 Å². The van der Waals surface area contributed by atoms with Gasteiger partial charge in [-0.25, -0.2) is 5.43 Å². The van der Waals surface area contributed by atoms with Gasteiger partial charge in [-0.1, -0.05) is 23.8 Å². The van der Waals surface area contributed by atoms with E-state index in [9.17, 15) is 9.59 Å². The summed E-state index contributed by atoms with van der Waals surface area (Å²) in [7, 11) is 3.05. The van der Waals surface area contributed by atoms with Gasteiger partial charge in [-0.15, -0.1) is 0 Å². The zero-order chi connectivity index (χ0) is 25.4. The Kier molecular flexibility index (Phi) is 9.07. The Hall–Kier alpha value is -3.60. The van der Waals surface area contributed by atoms with Gasteiger partial charge < -0.3 is 19.5 Å². The molecule has 8 nitrogen and oxygen atoms in total. The Morgan fingerprint density at radius 1 is 1.03 bits per heavy atom. The summed E-state index contributed by atoms with van der Waals surface area (Å²) in [6.45, 7) is 3.76. The van der Waals surface area contributed by atoms with Crippen LogP contribution >= 0.6 is 22.6 Å². The standard InChI is InChI=1S/C26H26IN3O5/c1-16-8-9-22(17(2)10-16)29-24(31)15-35-25-21(27)11-18(12-23(25)34-4)14-28-30-26(32)19-6-5-7-20(13-19)33-3/h5-14H,15H2,1-4H3,(H,29,31)(H,30,32)/b28-14+. The fourth-order valence-electron chi connectivity index (χ4n) is 3.23. The van der Waals surface area contributed by atoms with Crippen LogP contribution in [0.15, 0.2) is 59.7 Å². The average molecular weight is 587 g/mol. The molecule has 0 aliphatic rings. The smallest absolute Gasteiger partial charge is 0.271 e. The van der Waals surface area contributed by atoms with Crippen molar-refractivity contribution in [2.24, 2.45) is 5.10 Å². The van der Waals surface area contributed by atoms with E-state index in [1.165, 1.54) is 20.4 Å². The molecule has 2 N–H and O–H groups in total. The Bertz CT molecular complexity index is 1260. The zero-order valence-corrected chi connectivity index (χ0v) is 22.0. The number of aryl methyl sites for hydroxylation is 2. The van der Waals surface area contributed by atoms with Gasteiger partial charge >= 0.3 is 0 Å². The number of hydrogen-bond acceptors (Lipinski definition) is 6. The van der Waals surface area contributed by atoms with Gasteiger partial charge in [0.15, 0.2) is 18.1 Å². The van der Waals surface area contributed by atoms with Crippen molar-refractivity contribution >= 4 is 46.3 Å². The molecule has 0 aliphatic carbocycles. The predicted octanol–water partition coefficient (Wildman–Crippen LogP) is 4.71. The van der Waals surface area contributed by atoms with E-state index in [-0.39, 0.29) is 18.4 Å². The van der Waals surface area contributed by atoms with Crippen molar-refractivity contribution in [2.75, 3.05) is 26.1 Å². The van der Waals surface area contributed by atoms with Gasteiger partial charge in [-0.3, -0.25) is 9.59 Å². The minimum absolute atomic E-state index is 0.177. The normalized spacial score (nSPS) is 10.7. The van der Waals surface area contributed by atoms with Crippen LogP contribution in [0.4, 0.5) is 5.69 Å². The number of nitrogens with zero attached hydrogens (tertiary/aromatic N) is 1. The number of halogens is 1. The lowest BCUT2D eigenvalue weighted by molar-refractivity contribution is -0.118. The van der Waals surface area contributed by atoms with E-state index in [0.717, 1.165) is 20.4 Å². The van der Waals surface area contributed by atoms with Crippen LogP contribution in [0.1, 0.15) is 27.0 Å². The number of anilines is 1. The summed E-state index contributed by atoms with van der Waals surface area (Å²) < 4.78 is 17.1. The second-order valence-corrected chi connectivity index (χ2v) is 8.78. The van der Waals surface area contributed by atoms with Crippen LogP contribution in [-0.2, 0) is 4.79 Å². The molecule has 0 unspecified atom stereocenters. The molecule has 2 amide bonds. The fraction of sp³-hybridized carbons (Fsp3) is 0.192.